The molecule has 2 rings (SSSR count). The Bertz CT molecular complexity index is 625. The Kier molecular flexibility index (Phi) is 4.24. The maximum atomic E-state index is 12.1. The molecule has 0 aliphatic heterocycles. The first-order valence-corrected chi connectivity index (χ1v) is 6.93. The van der Waals surface area contributed by atoms with E-state index in [2.05, 4.69) is 10.3 Å². The van der Waals surface area contributed by atoms with E-state index in [9.17, 15) is 9.90 Å². The van der Waals surface area contributed by atoms with E-state index >= 15 is 0 Å². The van der Waals surface area contributed by atoms with Crippen molar-refractivity contribution in [2.24, 2.45) is 0 Å². The molecule has 1 amide bonds. The number of aromatic hydroxyl groups is 1. The molecule has 0 aliphatic carbocycles. The van der Waals surface area contributed by atoms with Crippen LogP contribution in [0.2, 0.25) is 0 Å². The van der Waals surface area contributed by atoms with E-state index in [0.29, 0.717) is 5.75 Å². The van der Waals surface area contributed by atoms with E-state index < -0.39 is 0 Å². The number of phenols is 1. The van der Waals surface area contributed by atoms with Gasteiger partial charge in [-0.2, -0.15) is 0 Å². The molecule has 1 aromatic heterocycles. The molecule has 0 fully saturated rings. The number of hydrogen-bond acceptors (Lipinski definition) is 5. The first-order chi connectivity index (χ1) is 9.51. The van der Waals surface area contributed by atoms with Crippen LogP contribution in [-0.4, -0.2) is 23.1 Å². The number of methoxy groups -OCH3 is 1. The van der Waals surface area contributed by atoms with Crippen LogP contribution in [0.15, 0.2) is 24.4 Å². The summed E-state index contributed by atoms with van der Waals surface area (Å²) < 4.78 is 4.98. The van der Waals surface area contributed by atoms with E-state index in [1.54, 1.807) is 12.3 Å². The van der Waals surface area contributed by atoms with Gasteiger partial charge in [-0.25, -0.2) is 4.98 Å². The number of nitrogens with zero attached hydrogens (tertiary/aromatic N) is 1. The second kappa shape index (κ2) is 5.92. The minimum absolute atomic E-state index is 0.107. The third-order valence-electron chi connectivity index (χ3n) is 2.81. The highest BCUT2D eigenvalue weighted by Crippen LogP contribution is 2.25. The highest BCUT2D eigenvalue weighted by molar-refractivity contribution is 7.11. The number of amides is 1. The number of phenolic OH excluding ortho intramolecular Hbond substituents is 1. The Hall–Kier alpha value is -2.08. The lowest BCUT2D eigenvalue weighted by Gasteiger charge is -2.12. The number of thiazole rings is 1. The van der Waals surface area contributed by atoms with Crippen molar-refractivity contribution in [3.05, 3.63) is 39.8 Å². The van der Waals surface area contributed by atoms with Crippen molar-refractivity contribution in [2.45, 2.75) is 19.9 Å². The molecule has 20 heavy (non-hydrogen) atoms. The number of nitrogens with one attached hydrogen (secondary N) is 1. The van der Waals surface area contributed by atoms with Gasteiger partial charge < -0.3 is 15.2 Å². The van der Waals surface area contributed by atoms with Crippen LogP contribution in [0.1, 0.15) is 33.2 Å². The second-order valence-electron chi connectivity index (χ2n) is 4.39. The lowest BCUT2D eigenvalue weighted by atomic mass is 10.1. The molecule has 1 aromatic carbocycles. The van der Waals surface area contributed by atoms with Gasteiger partial charge in [-0.3, -0.25) is 4.79 Å². The van der Waals surface area contributed by atoms with E-state index in [0.717, 1.165) is 9.88 Å². The Morgan fingerprint density at radius 1 is 1.50 bits per heavy atom. The Morgan fingerprint density at radius 2 is 2.25 bits per heavy atom. The van der Waals surface area contributed by atoms with E-state index in [1.165, 1.54) is 30.6 Å². The van der Waals surface area contributed by atoms with Crippen LogP contribution in [0.5, 0.6) is 11.5 Å². The molecule has 0 aliphatic rings. The van der Waals surface area contributed by atoms with Gasteiger partial charge in [0.15, 0.2) is 0 Å². The van der Waals surface area contributed by atoms with Crippen LogP contribution in [0.3, 0.4) is 0 Å². The molecule has 6 heteroatoms. The van der Waals surface area contributed by atoms with Crippen molar-refractivity contribution in [3.63, 3.8) is 0 Å². The molecule has 2 N–H and O–H groups in total. The fourth-order valence-electron chi connectivity index (χ4n) is 1.74. The summed E-state index contributed by atoms with van der Waals surface area (Å²) in [6.45, 7) is 3.82. The third kappa shape index (κ3) is 3.08. The Balaban J connectivity index is 2.12. The summed E-state index contributed by atoms with van der Waals surface area (Å²) in [4.78, 5) is 17.4. The first kappa shape index (κ1) is 14.3. The zero-order valence-electron chi connectivity index (χ0n) is 11.5. The van der Waals surface area contributed by atoms with Crippen LogP contribution < -0.4 is 10.1 Å². The Labute approximate surface area is 121 Å². The molecular formula is C14H16N2O3S. The van der Waals surface area contributed by atoms with Crippen LogP contribution in [0.4, 0.5) is 0 Å². The molecule has 0 spiro atoms. The number of carbonyl (C=O) groups excluding carboxylic acids is 1. The highest BCUT2D eigenvalue weighted by atomic mass is 32.1. The molecule has 5 nitrogen and oxygen atoms in total. The largest absolute Gasteiger partial charge is 0.507 e. The smallest absolute Gasteiger partial charge is 0.255 e. The average molecular weight is 292 g/mol. The molecule has 0 radical (unpaired) electrons. The van der Waals surface area contributed by atoms with Crippen LogP contribution in [0, 0.1) is 6.92 Å². The van der Waals surface area contributed by atoms with Gasteiger partial charge in [0, 0.05) is 17.1 Å². The first-order valence-electron chi connectivity index (χ1n) is 6.11. The van der Waals surface area contributed by atoms with Crippen molar-refractivity contribution in [1.29, 1.82) is 0 Å². The van der Waals surface area contributed by atoms with Crippen molar-refractivity contribution >= 4 is 17.2 Å². The molecule has 1 heterocycles. The SMILES string of the molecule is COc1ccc(C(=O)NC(C)c2ncc(C)s2)c(O)c1. The maximum absolute atomic E-state index is 12.1. The molecule has 106 valence electrons. The predicted octanol–water partition coefficient (Wildman–Crippen LogP) is 2.66. The maximum Gasteiger partial charge on any atom is 0.255 e. The van der Waals surface area contributed by atoms with E-state index in [-0.39, 0.29) is 23.3 Å². The second-order valence-corrected chi connectivity index (χ2v) is 5.65. The molecule has 0 saturated heterocycles. The standard InChI is InChI=1S/C14H16N2O3S/c1-8-7-15-14(20-8)9(2)16-13(18)11-5-4-10(19-3)6-12(11)17/h4-7,9,17H,1-3H3,(H,16,18). The quantitative estimate of drug-likeness (QED) is 0.908. The van der Waals surface area contributed by atoms with Gasteiger partial charge in [-0.1, -0.05) is 0 Å². The summed E-state index contributed by atoms with van der Waals surface area (Å²) in [5, 5.41) is 13.5. The van der Waals surface area contributed by atoms with Gasteiger partial charge in [0.2, 0.25) is 0 Å². The zero-order valence-corrected chi connectivity index (χ0v) is 12.3. The van der Waals surface area contributed by atoms with Crippen molar-refractivity contribution < 1.29 is 14.6 Å². The monoisotopic (exact) mass is 292 g/mol. The molecule has 0 saturated carbocycles. The zero-order chi connectivity index (χ0) is 14.7. The van der Waals surface area contributed by atoms with Crippen LogP contribution in [0.25, 0.3) is 0 Å². The summed E-state index contributed by atoms with van der Waals surface area (Å²) in [6.07, 6.45) is 1.77. The summed E-state index contributed by atoms with van der Waals surface area (Å²) in [6, 6.07) is 4.37. The van der Waals surface area contributed by atoms with Gasteiger partial charge in [-0.15, -0.1) is 11.3 Å². The number of carbonyl (C=O) groups is 1. The van der Waals surface area contributed by atoms with Crippen molar-refractivity contribution in [2.75, 3.05) is 7.11 Å². The fourth-order valence-corrected chi connectivity index (χ4v) is 2.52. The lowest BCUT2D eigenvalue weighted by molar-refractivity contribution is 0.0937. The van der Waals surface area contributed by atoms with Gasteiger partial charge in [-0.05, 0) is 26.0 Å². The van der Waals surface area contributed by atoms with Crippen molar-refractivity contribution in [3.8, 4) is 11.5 Å². The molecular weight excluding hydrogens is 276 g/mol. The molecule has 0 bridgehead atoms. The van der Waals surface area contributed by atoms with Gasteiger partial charge in [0.1, 0.15) is 16.5 Å². The number of ether oxygens (including phenoxy) is 1. The molecule has 1 atom stereocenters. The van der Waals surface area contributed by atoms with Crippen LogP contribution >= 0.6 is 11.3 Å². The van der Waals surface area contributed by atoms with Crippen molar-refractivity contribution in [1.82, 2.24) is 10.3 Å². The number of rotatable bonds is 4. The minimum Gasteiger partial charge on any atom is -0.507 e. The normalized spacial score (nSPS) is 11.9. The molecule has 1 unspecified atom stereocenters. The predicted molar refractivity (Wildman–Crippen MR) is 77.4 cm³/mol. The third-order valence-corrected chi connectivity index (χ3v) is 3.90. The number of aryl methyl sites for hydroxylation is 1. The van der Waals surface area contributed by atoms with E-state index in [1.807, 2.05) is 13.8 Å². The van der Waals surface area contributed by atoms with Gasteiger partial charge >= 0.3 is 0 Å². The van der Waals surface area contributed by atoms with Gasteiger partial charge in [0.05, 0.1) is 18.7 Å². The highest BCUT2D eigenvalue weighted by Gasteiger charge is 2.17. The van der Waals surface area contributed by atoms with Crippen LogP contribution in [-0.2, 0) is 0 Å². The summed E-state index contributed by atoms with van der Waals surface area (Å²) in [5.41, 5.74) is 0.214. The summed E-state index contributed by atoms with van der Waals surface area (Å²) in [7, 11) is 1.50. The number of aromatic nitrogens is 1. The topological polar surface area (TPSA) is 71.5 Å². The van der Waals surface area contributed by atoms with E-state index in [4.69, 9.17) is 4.74 Å². The minimum atomic E-state index is -0.342. The average Bonchev–Trinajstić information content (AvgIpc) is 2.85. The summed E-state index contributed by atoms with van der Waals surface area (Å²) >= 11 is 1.53. The summed E-state index contributed by atoms with van der Waals surface area (Å²) in [5.74, 6) is 0.0533. The van der Waals surface area contributed by atoms with Gasteiger partial charge in [0.25, 0.3) is 5.91 Å². The number of benzene rings is 1. The fraction of sp³-hybridized carbons (Fsp3) is 0.286. The number of hydrogen-bond donors (Lipinski definition) is 2. The molecule has 2 aromatic rings. The lowest BCUT2D eigenvalue weighted by Crippen LogP contribution is -2.26. The Morgan fingerprint density at radius 3 is 2.80 bits per heavy atom.